The van der Waals surface area contributed by atoms with E-state index in [9.17, 15) is 5.21 Å². The SMILES string of the molecule is [Na+].[O-][n+]1ccccc1[S-].[V]. The Morgan fingerprint density at radius 3 is 2.30 bits per heavy atom. The molecule has 10 heavy (non-hydrogen) atoms. The van der Waals surface area contributed by atoms with Gasteiger partial charge in [-0.1, -0.05) is 6.07 Å². The maximum Gasteiger partial charge on any atom is 1.00 e. The summed E-state index contributed by atoms with van der Waals surface area (Å²) in [7, 11) is 0. The molecule has 47 valence electrons. The fourth-order valence-corrected chi connectivity index (χ4v) is 0.552. The Kier molecular flexibility index (Phi) is 8.63. The van der Waals surface area contributed by atoms with Gasteiger partial charge in [0.25, 0.3) is 0 Å². The molecule has 0 unspecified atom stereocenters. The van der Waals surface area contributed by atoms with Crippen LogP contribution in [0.25, 0.3) is 0 Å². The van der Waals surface area contributed by atoms with Gasteiger partial charge in [0.15, 0.2) is 6.20 Å². The molecule has 1 radical (unpaired) electrons. The van der Waals surface area contributed by atoms with Crippen LogP contribution in [0.5, 0.6) is 0 Å². The first-order valence-corrected chi connectivity index (χ1v) is 2.57. The zero-order chi connectivity index (χ0) is 5.98. The quantitative estimate of drug-likeness (QED) is 0.196. The molecule has 0 aliphatic rings. The molecule has 0 aromatic carbocycles. The molecule has 2 nitrogen and oxygen atoms in total. The van der Waals surface area contributed by atoms with Crippen LogP contribution in [0.1, 0.15) is 0 Å². The Hall–Kier alpha value is 0.754. The number of pyridine rings is 1. The maximum absolute atomic E-state index is 10.4. The zero-order valence-corrected chi connectivity index (χ0v) is 9.73. The molecule has 0 fully saturated rings. The van der Waals surface area contributed by atoms with Crippen LogP contribution in [0.3, 0.4) is 0 Å². The summed E-state index contributed by atoms with van der Waals surface area (Å²) in [5.41, 5.74) is 0. The summed E-state index contributed by atoms with van der Waals surface area (Å²) in [4.78, 5) is 0. The zero-order valence-electron chi connectivity index (χ0n) is 5.52. The summed E-state index contributed by atoms with van der Waals surface area (Å²) in [6.45, 7) is 0. The van der Waals surface area contributed by atoms with Crippen molar-refractivity contribution < 1.29 is 52.8 Å². The summed E-state index contributed by atoms with van der Waals surface area (Å²) in [5, 5.41) is 10.7. The van der Waals surface area contributed by atoms with E-state index < -0.39 is 0 Å². The van der Waals surface area contributed by atoms with Crippen molar-refractivity contribution in [3.63, 3.8) is 0 Å². The Bertz CT molecular complexity index is 178. The van der Waals surface area contributed by atoms with Crippen molar-refractivity contribution in [2.45, 2.75) is 5.03 Å². The summed E-state index contributed by atoms with van der Waals surface area (Å²) in [5.74, 6) is 0. The Balaban J connectivity index is 0. The maximum atomic E-state index is 10.4. The third kappa shape index (κ3) is 3.81. The summed E-state index contributed by atoms with van der Waals surface area (Å²) < 4.78 is 0.648. The van der Waals surface area contributed by atoms with Crippen LogP contribution >= 0.6 is 0 Å². The van der Waals surface area contributed by atoms with Crippen molar-refractivity contribution in [3.8, 4) is 0 Å². The number of aromatic nitrogens is 1. The van der Waals surface area contributed by atoms with Crippen molar-refractivity contribution in [3.05, 3.63) is 29.6 Å². The number of hydrogen-bond donors (Lipinski definition) is 0. The number of hydrogen-bond acceptors (Lipinski definition) is 2. The van der Waals surface area contributed by atoms with Gasteiger partial charge in [-0.05, 0) is 6.07 Å². The number of nitrogens with zero attached hydrogens (tertiary/aromatic N) is 1. The summed E-state index contributed by atoms with van der Waals surface area (Å²) >= 11 is 4.60. The molecule has 0 N–H and O–H groups in total. The monoisotopic (exact) mass is 200 g/mol. The second-order valence-corrected chi connectivity index (χ2v) is 1.78. The molecule has 0 amide bonds. The van der Waals surface area contributed by atoms with Crippen LogP contribution in [0.4, 0.5) is 0 Å². The van der Waals surface area contributed by atoms with Gasteiger partial charge in [-0.25, -0.2) is 0 Å². The average molecular weight is 200 g/mol. The average Bonchev–Trinajstić information content (AvgIpc) is 1.77. The van der Waals surface area contributed by atoms with Crippen LogP contribution in [-0.2, 0) is 31.2 Å². The molecule has 0 aliphatic heterocycles. The van der Waals surface area contributed by atoms with Gasteiger partial charge in [-0.3, -0.25) is 0 Å². The molecule has 0 spiro atoms. The Morgan fingerprint density at radius 1 is 1.40 bits per heavy atom. The largest absolute Gasteiger partial charge is 1.00 e. The van der Waals surface area contributed by atoms with Crippen LogP contribution in [0.15, 0.2) is 29.4 Å². The molecule has 1 aromatic rings. The Labute approximate surface area is 99.2 Å². The molecule has 1 aromatic heterocycles. The van der Waals surface area contributed by atoms with Gasteiger partial charge in [0.2, 0.25) is 0 Å². The van der Waals surface area contributed by atoms with E-state index in [-0.39, 0.29) is 48.1 Å². The molecule has 0 atom stereocenters. The molecule has 1 heterocycles. The van der Waals surface area contributed by atoms with Gasteiger partial charge >= 0.3 is 29.6 Å². The molecular formula is C5H4NNaOSV. The van der Waals surface area contributed by atoms with Crippen molar-refractivity contribution in [1.29, 1.82) is 0 Å². The smallest absolute Gasteiger partial charge is 0.709 e. The summed E-state index contributed by atoms with van der Waals surface area (Å²) in [6.07, 6.45) is 1.38. The normalized spacial score (nSPS) is 7.20. The minimum atomic E-state index is 0. The van der Waals surface area contributed by atoms with Crippen molar-refractivity contribution >= 4 is 12.6 Å². The second-order valence-electron chi connectivity index (χ2n) is 1.36. The van der Waals surface area contributed by atoms with E-state index in [4.69, 9.17) is 0 Å². The third-order valence-electron chi connectivity index (χ3n) is 0.789. The van der Waals surface area contributed by atoms with E-state index in [0.29, 0.717) is 9.76 Å². The van der Waals surface area contributed by atoms with E-state index in [1.807, 2.05) is 0 Å². The molecule has 0 saturated carbocycles. The van der Waals surface area contributed by atoms with Crippen LogP contribution in [0, 0.1) is 5.21 Å². The Morgan fingerprint density at radius 2 is 2.00 bits per heavy atom. The van der Waals surface area contributed by atoms with Crippen LogP contribution in [-0.4, -0.2) is 0 Å². The molecule has 1 rings (SSSR count). The van der Waals surface area contributed by atoms with Gasteiger partial charge in [0, 0.05) is 24.6 Å². The van der Waals surface area contributed by atoms with Gasteiger partial charge < -0.3 is 17.8 Å². The minimum Gasteiger partial charge on any atom is -0.709 e. The van der Waals surface area contributed by atoms with Crippen molar-refractivity contribution in [2.75, 3.05) is 0 Å². The molecule has 0 aliphatic carbocycles. The van der Waals surface area contributed by atoms with Gasteiger partial charge in [-0.15, -0.1) is 0 Å². The van der Waals surface area contributed by atoms with E-state index >= 15 is 0 Å². The first kappa shape index (κ1) is 13.4. The summed E-state index contributed by atoms with van der Waals surface area (Å²) in [6, 6.07) is 4.96. The third-order valence-corrected chi connectivity index (χ3v) is 1.10. The van der Waals surface area contributed by atoms with Crippen LogP contribution in [0.2, 0.25) is 0 Å². The number of rotatable bonds is 0. The predicted octanol–water partition coefficient (Wildman–Crippen LogP) is -2.77. The fourth-order valence-electron chi connectivity index (χ4n) is 0.413. The first-order valence-electron chi connectivity index (χ1n) is 2.16. The standard InChI is InChI=1S/C5H5NOS.Na.V/c7-6-4-2-1-3-5(6)8;;/h1-4,8H;;/q;+1;/p-1. The molecular weight excluding hydrogens is 196 g/mol. The van der Waals surface area contributed by atoms with Gasteiger partial charge in [0.05, 0.1) is 5.03 Å². The van der Waals surface area contributed by atoms with Gasteiger partial charge in [0.1, 0.15) is 0 Å². The van der Waals surface area contributed by atoms with E-state index in [0.717, 1.165) is 0 Å². The molecule has 0 bridgehead atoms. The topological polar surface area (TPSA) is 26.9 Å². The van der Waals surface area contributed by atoms with Gasteiger partial charge in [-0.2, -0.15) is 4.73 Å². The second kappa shape index (κ2) is 6.46. The molecule has 0 saturated heterocycles. The van der Waals surface area contributed by atoms with E-state index in [1.54, 1.807) is 18.2 Å². The van der Waals surface area contributed by atoms with E-state index in [2.05, 4.69) is 12.6 Å². The predicted molar refractivity (Wildman–Crippen MR) is 31.0 cm³/mol. The molecule has 5 heteroatoms. The van der Waals surface area contributed by atoms with Crippen LogP contribution < -0.4 is 34.3 Å². The first-order chi connectivity index (χ1) is 3.80. The minimum absolute atomic E-state index is 0. The van der Waals surface area contributed by atoms with Crippen molar-refractivity contribution in [1.82, 2.24) is 0 Å². The fraction of sp³-hybridized carbons (Fsp3) is 0. The van der Waals surface area contributed by atoms with E-state index in [1.165, 1.54) is 6.20 Å². The van der Waals surface area contributed by atoms with Crippen molar-refractivity contribution in [2.24, 2.45) is 0 Å².